The van der Waals surface area contributed by atoms with Gasteiger partial charge in [-0.05, 0) is 19.4 Å². The molecule has 0 aliphatic carbocycles. The fraction of sp³-hybridized carbons (Fsp3) is 0.294. The molecule has 23 heavy (non-hydrogen) atoms. The smallest absolute Gasteiger partial charge is 0.244 e. The highest BCUT2D eigenvalue weighted by Crippen LogP contribution is 2.45. The van der Waals surface area contributed by atoms with Crippen molar-refractivity contribution in [2.45, 2.75) is 26.2 Å². The quantitative estimate of drug-likeness (QED) is 0.904. The van der Waals surface area contributed by atoms with Crippen molar-refractivity contribution in [1.29, 1.82) is 5.26 Å². The lowest BCUT2D eigenvalue weighted by atomic mass is 9.83. The number of ether oxygens (including phenoxy) is 2. The molecular weight excluding hydrogens is 292 g/mol. The first kappa shape index (κ1) is 15.0. The molecular formula is C17H18N4O2. The van der Waals surface area contributed by atoms with Crippen LogP contribution in [0.15, 0.2) is 35.7 Å². The summed E-state index contributed by atoms with van der Waals surface area (Å²) in [6.07, 6.45) is 0.748. The number of hydrogen-bond acceptors (Lipinski definition) is 5. The van der Waals surface area contributed by atoms with Crippen LogP contribution >= 0.6 is 0 Å². The summed E-state index contributed by atoms with van der Waals surface area (Å²) in [6.45, 7) is 4.49. The third kappa shape index (κ3) is 2.40. The predicted molar refractivity (Wildman–Crippen MR) is 84.9 cm³/mol. The number of fused-ring (bicyclic) bond motifs is 1. The molecule has 1 aliphatic rings. The van der Waals surface area contributed by atoms with Crippen LogP contribution in [-0.4, -0.2) is 16.8 Å². The van der Waals surface area contributed by atoms with Crippen LogP contribution in [0.25, 0.3) is 0 Å². The topological polar surface area (TPSA) is 96.9 Å². The molecule has 3 rings (SSSR count). The Morgan fingerprint density at radius 1 is 1.39 bits per heavy atom. The zero-order chi connectivity index (χ0) is 16.4. The average Bonchev–Trinajstić information content (AvgIpc) is 2.97. The second kappa shape index (κ2) is 6.05. The first-order valence-corrected chi connectivity index (χ1v) is 7.57. The van der Waals surface area contributed by atoms with E-state index in [9.17, 15) is 5.26 Å². The molecule has 0 radical (unpaired) electrons. The van der Waals surface area contributed by atoms with Gasteiger partial charge in [-0.15, -0.1) is 5.10 Å². The summed E-state index contributed by atoms with van der Waals surface area (Å²) in [5.41, 5.74) is 8.99. The van der Waals surface area contributed by atoms with Crippen LogP contribution in [0.2, 0.25) is 0 Å². The van der Waals surface area contributed by atoms with Gasteiger partial charge in [0.25, 0.3) is 0 Å². The van der Waals surface area contributed by atoms with Crippen LogP contribution in [-0.2, 0) is 6.42 Å². The molecule has 2 aromatic rings. The second-order valence-corrected chi connectivity index (χ2v) is 5.17. The van der Waals surface area contributed by atoms with E-state index < -0.39 is 0 Å². The van der Waals surface area contributed by atoms with Gasteiger partial charge in [0, 0.05) is 11.3 Å². The molecule has 2 heterocycles. The van der Waals surface area contributed by atoms with Crippen LogP contribution < -0.4 is 15.2 Å². The molecule has 0 saturated carbocycles. The molecule has 1 aliphatic heterocycles. The number of aromatic amines is 1. The molecule has 1 aromatic heterocycles. The van der Waals surface area contributed by atoms with E-state index in [0.29, 0.717) is 18.1 Å². The summed E-state index contributed by atoms with van der Waals surface area (Å²) in [5.74, 6) is 0.900. The van der Waals surface area contributed by atoms with E-state index in [-0.39, 0.29) is 11.8 Å². The Bertz CT molecular complexity index is 801. The Hall–Kier alpha value is -2.94. The van der Waals surface area contributed by atoms with Crippen molar-refractivity contribution < 1.29 is 9.47 Å². The Morgan fingerprint density at radius 3 is 2.87 bits per heavy atom. The van der Waals surface area contributed by atoms with Crippen molar-refractivity contribution in [2.24, 2.45) is 5.73 Å². The number of H-pyrrole nitrogens is 1. The summed E-state index contributed by atoms with van der Waals surface area (Å²) in [6, 6.07) is 9.85. The number of hydrogen-bond donors (Lipinski definition) is 2. The predicted octanol–water partition coefficient (Wildman–Crippen LogP) is 2.59. The van der Waals surface area contributed by atoms with Crippen LogP contribution in [0.5, 0.6) is 11.6 Å². The lowest BCUT2D eigenvalue weighted by Crippen LogP contribution is -2.21. The molecule has 6 heteroatoms. The number of benzene rings is 1. The summed E-state index contributed by atoms with van der Waals surface area (Å²) in [7, 11) is 0. The van der Waals surface area contributed by atoms with Crippen LogP contribution in [0, 0.1) is 11.3 Å². The van der Waals surface area contributed by atoms with Crippen molar-refractivity contribution in [3.8, 4) is 17.7 Å². The molecule has 1 atom stereocenters. The van der Waals surface area contributed by atoms with Crippen LogP contribution in [0.1, 0.15) is 36.6 Å². The van der Waals surface area contributed by atoms with Gasteiger partial charge in [-0.2, -0.15) is 5.26 Å². The molecule has 118 valence electrons. The molecule has 0 spiro atoms. The first-order chi connectivity index (χ1) is 11.2. The van der Waals surface area contributed by atoms with E-state index in [0.717, 1.165) is 29.0 Å². The number of aromatic nitrogens is 2. The molecule has 3 N–H and O–H groups in total. The molecule has 0 amide bonds. The van der Waals surface area contributed by atoms with Crippen molar-refractivity contribution in [2.75, 3.05) is 6.61 Å². The maximum Gasteiger partial charge on any atom is 0.244 e. The number of nitriles is 1. The second-order valence-electron chi connectivity index (χ2n) is 5.17. The van der Waals surface area contributed by atoms with Gasteiger partial charge in [-0.3, -0.25) is 5.10 Å². The third-order valence-electron chi connectivity index (χ3n) is 3.90. The first-order valence-electron chi connectivity index (χ1n) is 7.57. The van der Waals surface area contributed by atoms with E-state index in [1.165, 1.54) is 0 Å². The minimum absolute atomic E-state index is 0.0884. The Labute approximate surface area is 134 Å². The van der Waals surface area contributed by atoms with Crippen molar-refractivity contribution in [1.82, 2.24) is 10.2 Å². The normalized spacial score (nSPS) is 16.5. The fourth-order valence-electron chi connectivity index (χ4n) is 2.90. The van der Waals surface area contributed by atoms with Gasteiger partial charge in [-0.25, -0.2) is 0 Å². The van der Waals surface area contributed by atoms with Gasteiger partial charge < -0.3 is 15.2 Å². The minimum atomic E-state index is -0.347. The number of nitrogens with two attached hydrogens (primary N) is 1. The molecule has 0 fully saturated rings. The summed E-state index contributed by atoms with van der Waals surface area (Å²) in [5, 5.41) is 16.8. The van der Waals surface area contributed by atoms with E-state index in [1.54, 1.807) is 0 Å². The van der Waals surface area contributed by atoms with Crippen molar-refractivity contribution in [3.05, 3.63) is 52.5 Å². The monoisotopic (exact) mass is 310 g/mol. The van der Waals surface area contributed by atoms with Gasteiger partial charge in [0.15, 0.2) is 0 Å². The minimum Gasteiger partial charge on any atom is -0.494 e. The zero-order valence-corrected chi connectivity index (χ0v) is 13.1. The van der Waals surface area contributed by atoms with Crippen molar-refractivity contribution >= 4 is 0 Å². The number of allylic oxidation sites excluding steroid dienone is 1. The molecule has 1 aromatic carbocycles. The summed E-state index contributed by atoms with van der Waals surface area (Å²) in [4.78, 5) is 0. The van der Waals surface area contributed by atoms with Gasteiger partial charge in [0.1, 0.15) is 17.4 Å². The number of nitrogens with one attached hydrogen (secondary N) is 1. The average molecular weight is 310 g/mol. The van der Waals surface area contributed by atoms with E-state index in [1.807, 2.05) is 38.1 Å². The number of aryl methyl sites for hydroxylation is 1. The fourth-order valence-corrected chi connectivity index (χ4v) is 2.90. The van der Waals surface area contributed by atoms with E-state index in [2.05, 4.69) is 16.3 Å². The van der Waals surface area contributed by atoms with Gasteiger partial charge >= 0.3 is 0 Å². The molecule has 0 saturated heterocycles. The summed E-state index contributed by atoms with van der Waals surface area (Å²) < 4.78 is 11.3. The van der Waals surface area contributed by atoms with Crippen LogP contribution in [0.3, 0.4) is 0 Å². The maximum absolute atomic E-state index is 9.60. The lowest BCUT2D eigenvalue weighted by Gasteiger charge is -2.25. The molecule has 0 bridgehead atoms. The maximum atomic E-state index is 9.60. The Morgan fingerprint density at radius 2 is 2.17 bits per heavy atom. The third-order valence-corrected chi connectivity index (χ3v) is 3.90. The number of para-hydroxylation sites is 1. The Kier molecular flexibility index (Phi) is 3.94. The van der Waals surface area contributed by atoms with E-state index >= 15 is 0 Å². The van der Waals surface area contributed by atoms with E-state index in [4.69, 9.17) is 15.2 Å². The van der Waals surface area contributed by atoms with Gasteiger partial charge in [-0.1, -0.05) is 25.1 Å². The van der Waals surface area contributed by atoms with Gasteiger partial charge in [0.2, 0.25) is 11.8 Å². The Balaban J connectivity index is 2.24. The number of rotatable bonds is 4. The lowest BCUT2D eigenvalue weighted by molar-refractivity contribution is 0.334. The molecule has 0 unspecified atom stereocenters. The molecule has 6 nitrogen and oxygen atoms in total. The standard InChI is InChI=1S/C17H18N4O2/c1-3-12-15-14(10-7-5-6-8-13(10)22-4-2)11(9-18)16(19)23-17(15)21-20-12/h5-8,14H,3-4,19H2,1-2H3,(H,20,21)/t14-/m1/s1. The van der Waals surface area contributed by atoms with Gasteiger partial charge in [0.05, 0.1) is 18.1 Å². The largest absolute Gasteiger partial charge is 0.494 e. The SMILES string of the molecule is CCOc1ccccc1[C@@H]1C(C#N)=C(N)Oc2n[nH]c(CC)c21. The highest BCUT2D eigenvalue weighted by Gasteiger charge is 2.36. The number of nitrogens with zero attached hydrogens (tertiary/aromatic N) is 2. The van der Waals surface area contributed by atoms with Crippen molar-refractivity contribution in [3.63, 3.8) is 0 Å². The highest BCUT2D eigenvalue weighted by atomic mass is 16.5. The zero-order valence-electron chi connectivity index (χ0n) is 13.1. The summed E-state index contributed by atoms with van der Waals surface area (Å²) >= 11 is 0. The highest BCUT2D eigenvalue weighted by molar-refractivity contribution is 5.58. The van der Waals surface area contributed by atoms with Crippen LogP contribution in [0.4, 0.5) is 0 Å².